The molecule has 1 aromatic rings. The van der Waals surface area contributed by atoms with E-state index in [0.29, 0.717) is 31.3 Å². The Balaban J connectivity index is 2.77. The second-order valence-electron chi connectivity index (χ2n) is 3.47. The normalized spacial score (nSPS) is 10.5. The van der Waals surface area contributed by atoms with E-state index in [2.05, 4.69) is 15.3 Å². The van der Waals surface area contributed by atoms with Crippen LogP contribution in [0.5, 0.6) is 0 Å². The summed E-state index contributed by atoms with van der Waals surface area (Å²) in [4.78, 5) is 8.11. The van der Waals surface area contributed by atoms with Gasteiger partial charge in [0.1, 0.15) is 6.61 Å². The first-order valence-electron chi connectivity index (χ1n) is 5.53. The maximum Gasteiger partial charge on any atom is 0.186 e. The van der Waals surface area contributed by atoms with E-state index in [1.807, 2.05) is 13.8 Å². The number of aryl methyl sites for hydroxylation is 1. The molecule has 0 saturated carbocycles. The Labute approximate surface area is 95.3 Å². The summed E-state index contributed by atoms with van der Waals surface area (Å²) < 4.78 is 18.9. The molecular formula is C11H18FN3O. The van der Waals surface area contributed by atoms with Crippen LogP contribution in [-0.2, 0) is 11.3 Å². The molecule has 0 atom stereocenters. The largest absolute Gasteiger partial charge is 0.373 e. The molecular weight excluding hydrogens is 209 g/mol. The fourth-order valence-corrected chi connectivity index (χ4v) is 1.27. The summed E-state index contributed by atoms with van der Waals surface area (Å²) in [5, 5.41) is 2.87. The van der Waals surface area contributed by atoms with Gasteiger partial charge in [-0.05, 0) is 20.3 Å². The highest BCUT2D eigenvalue weighted by atomic mass is 19.1. The van der Waals surface area contributed by atoms with Gasteiger partial charge in [0.05, 0.1) is 5.69 Å². The first-order valence-corrected chi connectivity index (χ1v) is 5.53. The van der Waals surface area contributed by atoms with Crippen LogP contribution in [0.1, 0.15) is 31.8 Å². The van der Waals surface area contributed by atoms with Crippen molar-refractivity contribution >= 4 is 5.82 Å². The number of rotatable bonds is 6. The van der Waals surface area contributed by atoms with Crippen LogP contribution in [0.15, 0.2) is 0 Å². The molecule has 5 heteroatoms. The molecule has 0 aromatic carbocycles. The van der Waals surface area contributed by atoms with Crippen molar-refractivity contribution < 1.29 is 9.13 Å². The lowest BCUT2D eigenvalue weighted by Gasteiger charge is -2.08. The van der Waals surface area contributed by atoms with E-state index >= 15 is 0 Å². The van der Waals surface area contributed by atoms with Crippen LogP contribution in [0.25, 0.3) is 0 Å². The smallest absolute Gasteiger partial charge is 0.186 e. The Bertz CT molecular complexity index is 344. The minimum Gasteiger partial charge on any atom is -0.373 e. The summed E-state index contributed by atoms with van der Waals surface area (Å²) in [6.07, 6.45) is 0.945. The predicted molar refractivity (Wildman–Crippen MR) is 60.8 cm³/mol. The summed E-state index contributed by atoms with van der Waals surface area (Å²) in [6.45, 7) is 7.17. The van der Waals surface area contributed by atoms with E-state index in [0.717, 1.165) is 6.42 Å². The van der Waals surface area contributed by atoms with Crippen molar-refractivity contribution in [3.8, 4) is 0 Å². The topological polar surface area (TPSA) is 47.0 Å². The maximum atomic E-state index is 13.5. The second-order valence-corrected chi connectivity index (χ2v) is 3.47. The van der Waals surface area contributed by atoms with E-state index in [-0.39, 0.29) is 11.6 Å². The van der Waals surface area contributed by atoms with Crippen LogP contribution in [0, 0.1) is 12.7 Å². The van der Waals surface area contributed by atoms with E-state index < -0.39 is 0 Å². The maximum absolute atomic E-state index is 13.5. The Kier molecular flexibility index (Phi) is 5.11. The van der Waals surface area contributed by atoms with Crippen molar-refractivity contribution in [2.45, 2.75) is 33.8 Å². The summed E-state index contributed by atoms with van der Waals surface area (Å²) >= 11 is 0. The fourth-order valence-electron chi connectivity index (χ4n) is 1.27. The van der Waals surface area contributed by atoms with E-state index in [1.54, 1.807) is 6.92 Å². The Morgan fingerprint density at radius 1 is 1.31 bits per heavy atom. The van der Waals surface area contributed by atoms with Gasteiger partial charge in [0.15, 0.2) is 17.5 Å². The Morgan fingerprint density at radius 2 is 2.06 bits per heavy atom. The number of halogens is 1. The van der Waals surface area contributed by atoms with Crippen LogP contribution < -0.4 is 5.32 Å². The molecule has 0 bridgehead atoms. The van der Waals surface area contributed by atoms with Crippen molar-refractivity contribution in [2.24, 2.45) is 0 Å². The van der Waals surface area contributed by atoms with E-state index in [1.165, 1.54) is 0 Å². The Hall–Kier alpha value is -1.23. The molecule has 1 aromatic heterocycles. The number of nitrogens with zero attached hydrogens (tertiary/aromatic N) is 2. The average molecular weight is 227 g/mol. The zero-order valence-electron chi connectivity index (χ0n) is 10.0. The van der Waals surface area contributed by atoms with Crippen molar-refractivity contribution in [1.29, 1.82) is 0 Å². The molecule has 0 spiro atoms. The number of anilines is 1. The summed E-state index contributed by atoms with van der Waals surface area (Å²) in [7, 11) is 0. The molecule has 1 N–H and O–H groups in total. The molecule has 0 unspecified atom stereocenters. The van der Waals surface area contributed by atoms with Crippen LogP contribution >= 0.6 is 0 Å². The molecule has 0 fully saturated rings. The van der Waals surface area contributed by atoms with E-state index in [9.17, 15) is 4.39 Å². The zero-order chi connectivity index (χ0) is 12.0. The van der Waals surface area contributed by atoms with Crippen molar-refractivity contribution in [3.05, 3.63) is 17.3 Å². The first-order chi connectivity index (χ1) is 7.69. The lowest BCUT2D eigenvalue weighted by molar-refractivity contribution is 0.116. The number of hydrogen-bond donors (Lipinski definition) is 1. The number of ether oxygens (including phenoxy) is 1. The highest BCUT2D eigenvalue weighted by Gasteiger charge is 2.10. The van der Waals surface area contributed by atoms with Gasteiger partial charge < -0.3 is 10.1 Å². The third-order valence-corrected chi connectivity index (χ3v) is 1.99. The van der Waals surface area contributed by atoms with Gasteiger partial charge in [-0.1, -0.05) is 6.92 Å². The van der Waals surface area contributed by atoms with Gasteiger partial charge in [-0.2, -0.15) is 0 Å². The molecule has 0 aliphatic heterocycles. The molecule has 4 nitrogen and oxygen atoms in total. The minimum atomic E-state index is -0.388. The van der Waals surface area contributed by atoms with Crippen molar-refractivity contribution in [1.82, 2.24) is 9.97 Å². The fraction of sp³-hybridized carbons (Fsp3) is 0.636. The van der Waals surface area contributed by atoms with Crippen molar-refractivity contribution in [2.75, 3.05) is 18.5 Å². The number of aromatic nitrogens is 2. The minimum absolute atomic E-state index is 0.255. The molecule has 0 aliphatic rings. The molecule has 0 aliphatic carbocycles. The van der Waals surface area contributed by atoms with Crippen molar-refractivity contribution in [3.63, 3.8) is 0 Å². The molecule has 90 valence electrons. The Morgan fingerprint density at radius 3 is 2.69 bits per heavy atom. The highest BCUT2D eigenvalue weighted by molar-refractivity contribution is 5.37. The van der Waals surface area contributed by atoms with Gasteiger partial charge in [0.2, 0.25) is 0 Å². The van der Waals surface area contributed by atoms with Gasteiger partial charge in [-0.25, -0.2) is 14.4 Å². The third kappa shape index (κ3) is 3.41. The van der Waals surface area contributed by atoms with Gasteiger partial charge >= 0.3 is 0 Å². The van der Waals surface area contributed by atoms with Gasteiger partial charge in [0.25, 0.3) is 0 Å². The highest BCUT2D eigenvalue weighted by Crippen LogP contribution is 2.14. The lowest BCUT2D eigenvalue weighted by Crippen LogP contribution is -2.09. The third-order valence-electron chi connectivity index (χ3n) is 1.99. The van der Waals surface area contributed by atoms with Gasteiger partial charge in [0, 0.05) is 13.2 Å². The number of nitrogens with one attached hydrogen (secondary N) is 1. The van der Waals surface area contributed by atoms with Gasteiger partial charge in [-0.15, -0.1) is 0 Å². The lowest BCUT2D eigenvalue weighted by atomic mass is 10.4. The molecule has 0 amide bonds. The molecule has 1 heterocycles. The molecule has 16 heavy (non-hydrogen) atoms. The van der Waals surface area contributed by atoms with E-state index in [4.69, 9.17) is 4.74 Å². The molecule has 1 rings (SSSR count). The van der Waals surface area contributed by atoms with Gasteiger partial charge in [-0.3, -0.25) is 0 Å². The van der Waals surface area contributed by atoms with Crippen LogP contribution in [0.2, 0.25) is 0 Å². The van der Waals surface area contributed by atoms with Crippen LogP contribution in [0.3, 0.4) is 0 Å². The second kappa shape index (κ2) is 6.37. The zero-order valence-corrected chi connectivity index (χ0v) is 10.0. The summed E-state index contributed by atoms with van der Waals surface area (Å²) in [5.74, 6) is 0.384. The summed E-state index contributed by atoms with van der Waals surface area (Å²) in [5.41, 5.74) is 0.348. The van der Waals surface area contributed by atoms with Crippen LogP contribution in [-0.4, -0.2) is 23.1 Å². The molecule has 0 radical (unpaired) electrons. The predicted octanol–water partition coefficient (Wildman–Crippen LogP) is 2.28. The summed E-state index contributed by atoms with van der Waals surface area (Å²) in [6, 6.07) is 0. The van der Waals surface area contributed by atoms with Crippen LogP contribution in [0.4, 0.5) is 10.2 Å². The quantitative estimate of drug-likeness (QED) is 0.757. The SMILES string of the molecule is CCCOCc1nc(C)c(F)c(NCC)n1. The standard InChI is InChI=1S/C11H18FN3O/c1-4-6-16-7-9-14-8(3)10(12)11(15-9)13-5-2/h4-7H2,1-3H3,(H,13,14,15). The molecule has 0 saturated heterocycles. The first kappa shape index (κ1) is 12.8. The number of hydrogen-bond acceptors (Lipinski definition) is 4. The average Bonchev–Trinajstić information content (AvgIpc) is 2.26. The monoisotopic (exact) mass is 227 g/mol.